The second kappa shape index (κ2) is 6.85. The van der Waals surface area contributed by atoms with E-state index < -0.39 is 10.0 Å². The lowest BCUT2D eigenvalue weighted by Gasteiger charge is -2.29. The second-order valence-corrected chi connectivity index (χ2v) is 8.12. The maximum atomic E-state index is 12.8. The second-order valence-electron chi connectivity index (χ2n) is 6.10. The molecule has 0 fully saturated rings. The quantitative estimate of drug-likeness (QED) is 0.821. The third-order valence-corrected chi connectivity index (χ3v) is 5.52. The first-order valence-corrected chi connectivity index (χ1v) is 8.42. The zero-order chi connectivity index (χ0) is 17.1. The third-order valence-electron chi connectivity index (χ3n) is 3.57. The third kappa shape index (κ3) is 3.91. The largest absolute Gasteiger partial charge is 0.493 e. The summed E-state index contributed by atoms with van der Waals surface area (Å²) in [6.45, 7) is 6.33. The van der Waals surface area contributed by atoms with Crippen molar-refractivity contribution in [2.75, 3.05) is 34.4 Å². The lowest BCUT2D eigenvalue weighted by molar-refractivity contribution is 0.291. The predicted octanol–water partition coefficient (Wildman–Crippen LogP) is 1.62. The van der Waals surface area contributed by atoms with Crippen LogP contribution in [0.25, 0.3) is 0 Å². The Morgan fingerprint density at radius 1 is 1.18 bits per heavy atom. The first-order chi connectivity index (χ1) is 10.1. The van der Waals surface area contributed by atoms with E-state index in [4.69, 9.17) is 15.2 Å². The molecule has 1 aromatic rings. The van der Waals surface area contributed by atoms with Crippen LogP contribution in [0.3, 0.4) is 0 Å². The number of nitrogens with two attached hydrogens (primary N) is 1. The summed E-state index contributed by atoms with van der Waals surface area (Å²) in [4.78, 5) is 0.209. The Labute approximate surface area is 133 Å². The molecule has 7 heteroatoms. The van der Waals surface area contributed by atoms with Gasteiger partial charge in [-0.05, 0) is 30.5 Å². The van der Waals surface area contributed by atoms with Crippen molar-refractivity contribution in [2.45, 2.75) is 25.7 Å². The van der Waals surface area contributed by atoms with Gasteiger partial charge in [0.25, 0.3) is 0 Å². The van der Waals surface area contributed by atoms with Crippen molar-refractivity contribution >= 4 is 10.0 Å². The van der Waals surface area contributed by atoms with Gasteiger partial charge in [-0.1, -0.05) is 13.8 Å². The van der Waals surface area contributed by atoms with Crippen LogP contribution in [-0.2, 0) is 10.0 Å². The van der Waals surface area contributed by atoms with E-state index >= 15 is 0 Å². The number of ether oxygens (including phenoxy) is 2. The number of hydrogen-bond donors (Lipinski definition) is 1. The fraction of sp³-hybridized carbons (Fsp3) is 0.600. The fourth-order valence-electron chi connectivity index (χ4n) is 2.16. The number of rotatable bonds is 7. The van der Waals surface area contributed by atoms with Crippen molar-refractivity contribution in [3.05, 3.63) is 17.7 Å². The van der Waals surface area contributed by atoms with Crippen molar-refractivity contribution in [2.24, 2.45) is 11.1 Å². The predicted molar refractivity (Wildman–Crippen MR) is 86.9 cm³/mol. The molecule has 0 spiro atoms. The zero-order valence-electron chi connectivity index (χ0n) is 14.1. The minimum Gasteiger partial charge on any atom is -0.493 e. The molecule has 0 heterocycles. The minimum atomic E-state index is -3.63. The van der Waals surface area contributed by atoms with Crippen LogP contribution < -0.4 is 15.2 Å². The summed E-state index contributed by atoms with van der Waals surface area (Å²) in [6, 6.07) is 3.16. The van der Waals surface area contributed by atoms with Gasteiger partial charge in [-0.2, -0.15) is 0 Å². The fourth-order valence-corrected chi connectivity index (χ4v) is 3.74. The van der Waals surface area contributed by atoms with Gasteiger partial charge in [-0.25, -0.2) is 12.7 Å². The van der Waals surface area contributed by atoms with E-state index in [0.29, 0.717) is 30.2 Å². The van der Waals surface area contributed by atoms with Crippen LogP contribution in [0.4, 0.5) is 0 Å². The van der Waals surface area contributed by atoms with Gasteiger partial charge in [0.15, 0.2) is 11.5 Å². The molecule has 1 aromatic carbocycles. The number of aryl methyl sites for hydroxylation is 1. The smallest absolute Gasteiger partial charge is 0.243 e. The normalized spacial score (nSPS) is 12.5. The molecule has 0 saturated heterocycles. The summed E-state index contributed by atoms with van der Waals surface area (Å²) >= 11 is 0. The topological polar surface area (TPSA) is 81.9 Å². The molecule has 0 aliphatic rings. The molecule has 2 N–H and O–H groups in total. The average Bonchev–Trinajstić information content (AvgIpc) is 2.46. The Hall–Kier alpha value is -1.31. The van der Waals surface area contributed by atoms with Gasteiger partial charge in [0.2, 0.25) is 10.0 Å². The summed E-state index contributed by atoms with van der Waals surface area (Å²) < 4.78 is 37.3. The molecule has 0 radical (unpaired) electrons. The molecule has 0 aliphatic heterocycles. The van der Waals surface area contributed by atoms with E-state index in [-0.39, 0.29) is 10.3 Å². The van der Waals surface area contributed by atoms with Gasteiger partial charge in [-0.15, -0.1) is 0 Å². The van der Waals surface area contributed by atoms with E-state index in [1.54, 1.807) is 20.0 Å². The maximum Gasteiger partial charge on any atom is 0.243 e. The van der Waals surface area contributed by atoms with Crippen LogP contribution in [0.1, 0.15) is 19.4 Å². The number of sulfonamides is 1. The van der Waals surface area contributed by atoms with E-state index in [1.807, 2.05) is 13.8 Å². The average molecular weight is 330 g/mol. The molecule has 6 nitrogen and oxygen atoms in total. The van der Waals surface area contributed by atoms with Crippen LogP contribution in [-0.4, -0.2) is 47.1 Å². The van der Waals surface area contributed by atoms with Gasteiger partial charge in [-0.3, -0.25) is 0 Å². The monoisotopic (exact) mass is 330 g/mol. The Morgan fingerprint density at radius 2 is 1.68 bits per heavy atom. The number of nitrogens with zero attached hydrogens (tertiary/aromatic N) is 1. The molecule has 0 bridgehead atoms. The van der Waals surface area contributed by atoms with Gasteiger partial charge < -0.3 is 15.2 Å². The molecule has 0 aromatic heterocycles. The van der Waals surface area contributed by atoms with E-state index in [2.05, 4.69) is 0 Å². The standard InChI is InChI=1S/C15H26N2O4S/c1-11-7-12(20-5)13(21-6)8-14(11)22(18,19)17(4)10-15(2,3)9-16/h7-8H,9-10,16H2,1-6H3. The van der Waals surface area contributed by atoms with Crippen LogP contribution in [0.2, 0.25) is 0 Å². The van der Waals surface area contributed by atoms with Crippen LogP contribution >= 0.6 is 0 Å². The first kappa shape index (κ1) is 18.7. The summed E-state index contributed by atoms with van der Waals surface area (Å²) in [6.07, 6.45) is 0. The molecule has 0 unspecified atom stereocenters. The molecule has 0 atom stereocenters. The molecule has 1 rings (SSSR count). The molecule has 126 valence electrons. The van der Waals surface area contributed by atoms with Crippen molar-refractivity contribution < 1.29 is 17.9 Å². The number of methoxy groups -OCH3 is 2. The van der Waals surface area contributed by atoms with Crippen molar-refractivity contribution in [3.8, 4) is 11.5 Å². The highest BCUT2D eigenvalue weighted by Crippen LogP contribution is 2.33. The maximum absolute atomic E-state index is 12.8. The zero-order valence-corrected chi connectivity index (χ0v) is 15.0. The van der Waals surface area contributed by atoms with Crippen LogP contribution in [0.15, 0.2) is 17.0 Å². The van der Waals surface area contributed by atoms with Gasteiger partial charge in [0, 0.05) is 19.7 Å². The summed E-state index contributed by atoms with van der Waals surface area (Å²) in [5.74, 6) is 0.891. The van der Waals surface area contributed by atoms with Gasteiger partial charge in [0.05, 0.1) is 19.1 Å². The summed E-state index contributed by atoms with van der Waals surface area (Å²) in [5, 5.41) is 0. The van der Waals surface area contributed by atoms with Crippen molar-refractivity contribution in [1.29, 1.82) is 0 Å². The Bertz CT molecular complexity index is 627. The van der Waals surface area contributed by atoms with E-state index in [0.717, 1.165) is 0 Å². The van der Waals surface area contributed by atoms with E-state index in [1.165, 1.54) is 24.6 Å². The number of hydrogen-bond acceptors (Lipinski definition) is 5. The lowest BCUT2D eigenvalue weighted by atomic mass is 9.94. The summed E-state index contributed by atoms with van der Waals surface area (Å²) in [7, 11) is 0.922. The highest BCUT2D eigenvalue weighted by atomic mass is 32.2. The Kier molecular flexibility index (Phi) is 5.83. The highest BCUT2D eigenvalue weighted by Gasteiger charge is 2.29. The molecule has 22 heavy (non-hydrogen) atoms. The minimum absolute atomic E-state index is 0.209. The highest BCUT2D eigenvalue weighted by molar-refractivity contribution is 7.89. The summed E-state index contributed by atoms with van der Waals surface area (Å²) in [5.41, 5.74) is 6.00. The molecule has 0 saturated carbocycles. The van der Waals surface area contributed by atoms with Gasteiger partial charge >= 0.3 is 0 Å². The Morgan fingerprint density at radius 3 is 2.14 bits per heavy atom. The van der Waals surface area contributed by atoms with Crippen molar-refractivity contribution in [1.82, 2.24) is 4.31 Å². The van der Waals surface area contributed by atoms with E-state index in [9.17, 15) is 8.42 Å². The van der Waals surface area contributed by atoms with Gasteiger partial charge in [0.1, 0.15) is 0 Å². The van der Waals surface area contributed by atoms with Crippen LogP contribution in [0.5, 0.6) is 11.5 Å². The SMILES string of the molecule is COc1cc(C)c(S(=O)(=O)N(C)CC(C)(C)CN)cc1OC. The lowest BCUT2D eigenvalue weighted by Crippen LogP contribution is -2.39. The molecular weight excluding hydrogens is 304 g/mol. The molecule has 0 amide bonds. The molecular formula is C15H26N2O4S. The van der Waals surface area contributed by atoms with Crippen molar-refractivity contribution in [3.63, 3.8) is 0 Å². The first-order valence-electron chi connectivity index (χ1n) is 6.98. The number of benzene rings is 1. The molecule has 0 aliphatic carbocycles. The Balaban J connectivity index is 3.28. The van der Waals surface area contributed by atoms with Crippen LogP contribution in [0, 0.1) is 12.3 Å².